The standard InChI is InChI=1S/C10H14N2O2S/c1-13-5-6-14-9-4-2-3-8(7-9)12-10(11)15/h2-4,7H,5-6H2,1H3,(H3,11,12,15). The lowest BCUT2D eigenvalue weighted by molar-refractivity contribution is 0.146. The maximum absolute atomic E-state index is 5.42. The normalized spacial score (nSPS) is 9.67. The van der Waals surface area contributed by atoms with E-state index in [1.807, 2.05) is 24.3 Å². The van der Waals surface area contributed by atoms with Crippen LogP contribution in [0.2, 0.25) is 0 Å². The molecule has 5 heteroatoms. The fourth-order valence-electron chi connectivity index (χ4n) is 1.05. The molecule has 15 heavy (non-hydrogen) atoms. The van der Waals surface area contributed by atoms with Crippen LogP contribution in [0.1, 0.15) is 0 Å². The SMILES string of the molecule is COCCOc1cccc(NC(N)=S)c1. The van der Waals surface area contributed by atoms with E-state index in [-0.39, 0.29) is 5.11 Å². The number of methoxy groups -OCH3 is 1. The largest absolute Gasteiger partial charge is 0.491 e. The van der Waals surface area contributed by atoms with Crippen LogP contribution < -0.4 is 15.8 Å². The molecule has 0 radical (unpaired) electrons. The summed E-state index contributed by atoms with van der Waals surface area (Å²) in [7, 11) is 1.63. The molecule has 1 rings (SSSR count). The first-order valence-corrected chi connectivity index (χ1v) is 4.91. The minimum absolute atomic E-state index is 0.240. The first kappa shape index (κ1) is 11.7. The summed E-state index contributed by atoms with van der Waals surface area (Å²) >= 11 is 4.73. The number of hydrogen-bond donors (Lipinski definition) is 2. The highest BCUT2D eigenvalue weighted by atomic mass is 32.1. The van der Waals surface area contributed by atoms with E-state index in [1.54, 1.807) is 7.11 Å². The number of nitrogens with two attached hydrogens (primary N) is 1. The van der Waals surface area contributed by atoms with Gasteiger partial charge in [-0.1, -0.05) is 6.07 Å². The van der Waals surface area contributed by atoms with Crippen molar-refractivity contribution in [3.8, 4) is 5.75 Å². The van der Waals surface area contributed by atoms with Gasteiger partial charge in [-0.15, -0.1) is 0 Å². The van der Waals surface area contributed by atoms with Gasteiger partial charge in [0.2, 0.25) is 0 Å². The van der Waals surface area contributed by atoms with E-state index < -0.39 is 0 Å². The van der Waals surface area contributed by atoms with Gasteiger partial charge in [-0.05, 0) is 24.4 Å². The molecule has 0 atom stereocenters. The minimum atomic E-state index is 0.240. The number of nitrogens with one attached hydrogen (secondary N) is 1. The summed E-state index contributed by atoms with van der Waals surface area (Å²) < 4.78 is 10.3. The Morgan fingerprint density at radius 2 is 2.27 bits per heavy atom. The first-order valence-electron chi connectivity index (χ1n) is 4.50. The van der Waals surface area contributed by atoms with Gasteiger partial charge in [-0.25, -0.2) is 0 Å². The molecule has 0 bridgehead atoms. The van der Waals surface area contributed by atoms with Crippen molar-refractivity contribution in [3.63, 3.8) is 0 Å². The lowest BCUT2D eigenvalue weighted by atomic mass is 10.3. The van der Waals surface area contributed by atoms with E-state index in [1.165, 1.54) is 0 Å². The van der Waals surface area contributed by atoms with Gasteiger partial charge in [0.05, 0.1) is 6.61 Å². The van der Waals surface area contributed by atoms with Crippen LogP contribution in [0.15, 0.2) is 24.3 Å². The topological polar surface area (TPSA) is 56.5 Å². The molecule has 0 saturated carbocycles. The maximum Gasteiger partial charge on any atom is 0.168 e. The van der Waals surface area contributed by atoms with E-state index >= 15 is 0 Å². The molecule has 0 aliphatic rings. The van der Waals surface area contributed by atoms with Gasteiger partial charge < -0.3 is 20.5 Å². The smallest absolute Gasteiger partial charge is 0.168 e. The predicted octanol–water partition coefficient (Wildman–Crippen LogP) is 1.37. The van der Waals surface area contributed by atoms with E-state index in [0.29, 0.717) is 13.2 Å². The zero-order valence-electron chi connectivity index (χ0n) is 8.53. The molecule has 0 amide bonds. The molecule has 0 aliphatic carbocycles. The first-order chi connectivity index (χ1) is 7.22. The van der Waals surface area contributed by atoms with Gasteiger partial charge in [0.1, 0.15) is 12.4 Å². The lowest BCUT2D eigenvalue weighted by Crippen LogP contribution is -2.18. The third-order valence-corrected chi connectivity index (χ3v) is 1.76. The summed E-state index contributed by atoms with van der Waals surface area (Å²) in [4.78, 5) is 0. The Morgan fingerprint density at radius 3 is 2.93 bits per heavy atom. The highest BCUT2D eigenvalue weighted by Crippen LogP contribution is 2.16. The third kappa shape index (κ3) is 4.62. The van der Waals surface area contributed by atoms with Crippen molar-refractivity contribution >= 4 is 23.0 Å². The zero-order chi connectivity index (χ0) is 11.1. The number of benzene rings is 1. The number of hydrogen-bond acceptors (Lipinski definition) is 3. The second kappa shape index (κ2) is 6.21. The fourth-order valence-corrected chi connectivity index (χ4v) is 1.17. The molecule has 82 valence electrons. The summed E-state index contributed by atoms with van der Waals surface area (Å²) in [5.74, 6) is 0.758. The molecule has 0 spiro atoms. The fraction of sp³-hybridized carbons (Fsp3) is 0.300. The van der Waals surface area contributed by atoms with Crippen LogP contribution in [0.4, 0.5) is 5.69 Å². The van der Waals surface area contributed by atoms with Gasteiger partial charge >= 0.3 is 0 Å². The van der Waals surface area contributed by atoms with Crippen molar-refractivity contribution in [3.05, 3.63) is 24.3 Å². The monoisotopic (exact) mass is 226 g/mol. The van der Waals surface area contributed by atoms with Crippen molar-refractivity contribution in [2.75, 3.05) is 25.6 Å². The minimum Gasteiger partial charge on any atom is -0.491 e. The van der Waals surface area contributed by atoms with E-state index in [9.17, 15) is 0 Å². The number of anilines is 1. The average molecular weight is 226 g/mol. The van der Waals surface area contributed by atoms with Gasteiger partial charge in [0.15, 0.2) is 5.11 Å². The number of rotatable bonds is 5. The molecule has 3 N–H and O–H groups in total. The zero-order valence-corrected chi connectivity index (χ0v) is 9.34. The Kier molecular flexibility index (Phi) is 4.86. The highest BCUT2D eigenvalue weighted by molar-refractivity contribution is 7.80. The summed E-state index contributed by atoms with van der Waals surface area (Å²) in [6.07, 6.45) is 0. The molecule has 0 fully saturated rings. The number of thiocarbonyl (C=S) groups is 1. The molecule has 0 aromatic heterocycles. The van der Waals surface area contributed by atoms with Gasteiger partial charge in [-0.3, -0.25) is 0 Å². The summed E-state index contributed by atoms with van der Waals surface area (Å²) in [6, 6.07) is 7.42. The summed E-state index contributed by atoms with van der Waals surface area (Å²) in [6.45, 7) is 1.08. The van der Waals surface area contributed by atoms with Crippen molar-refractivity contribution < 1.29 is 9.47 Å². The van der Waals surface area contributed by atoms with Crippen LogP contribution in [-0.4, -0.2) is 25.4 Å². The molecular weight excluding hydrogens is 212 g/mol. The van der Waals surface area contributed by atoms with Gasteiger partial charge in [0.25, 0.3) is 0 Å². The van der Waals surface area contributed by atoms with E-state index in [0.717, 1.165) is 11.4 Å². The van der Waals surface area contributed by atoms with Gasteiger partial charge in [0, 0.05) is 18.9 Å². The van der Waals surface area contributed by atoms with E-state index in [4.69, 9.17) is 27.4 Å². The Morgan fingerprint density at radius 1 is 1.47 bits per heavy atom. The van der Waals surface area contributed by atoms with Crippen LogP contribution >= 0.6 is 12.2 Å². The van der Waals surface area contributed by atoms with Crippen molar-refractivity contribution in [1.29, 1.82) is 0 Å². The second-order valence-corrected chi connectivity index (χ2v) is 3.30. The molecule has 0 saturated heterocycles. The van der Waals surface area contributed by atoms with Gasteiger partial charge in [-0.2, -0.15) is 0 Å². The van der Waals surface area contributed by atoms with Crippen molar-refractivity contribution in [2.45, 2.75) is 0 Å². The number of ether oxygens (including phenoxy) is 2. The summed E-state index contributed by atoms with van der Waals surface area (Å²) in [5, 5.41) is 3.07. The second-order valence-electron chi connectivity index (χ2n) is 2.86. The average Bonchev–Trinajstić information content (AvgIpc) is 2.18. The van der Waals surface area contributed by atoms with Crippen LogP contribution in [-0.2, 0) is 4.74 Å². The molecule has 1 aromatic carbocycles. The molecule has 0 heterocycles. The van der Waals surface area contributed by atoms with E-state index in [2.05, 4.69) is 5.32 Å². The lowest BCUT2D eigenvalue weighted by Gasteiger charge is -2.08. The third-order valence-electron chi connectivity index (χ3n) is 1.66. The quantitative estimate of drug-likeness (QED) is 0.586. The Bertz CT molecular complexity index is 331. The Balaban J connectivity index is 2.53. The summed E-state index contributed by atoms with van der Waals surface area (Å²) in [5.41, 5.74) is 6.17. The van der Waals surface area contributed by atoms with Crippen LogP contribution in [0.5, 0.6) is 5.75 Å². The predicted molar refractivity (Wildman–Crippen MR) is 64.2 cm³/mol. The molecule has 0 aliphatic heterocycles. The molecular formula is C10H14N2O2S. The Hall–Kier alpha value is -1.33. The molecule has 0 unspecified atom stereocenters. The van der Waals surface area contributed by atoms with Crippen LogP contribution in [0, 0.1) is 0 Å². The van der Waals surface area contributed by atoms with Crippen molar-refractivity contribution in [1.82, 2.24) is 0 Å². The van der Waals surface area contributed by atoms with Crippen molar-refractivity contribution in [2.24, 2.45) is 5.73 Å². The maximum atomic E-state index is 5.42. The molecule has 4 nitrogen and oxygen atoms in total. The highest BCUT2D eigenvalue weighted by Gasteiger charge is 1.97. The molecule has 1 aromatic rings. The van der Waals surface area contributed by atoms with Crippen LogP contribution in [0.3, 0.4) is 0 Å². The van der Waals surface area contributed by atoms with Crippen LogP contribution in [0.25, 0.3) is 0 Å². The Labute approximate surface area is 94.4 Å².